The van der Waals surface area contributed by atoms with Crippen molar-refractivity contribution in [3.05, 3.63) is 11.6 Å². The molecule has 15 heavy (non-hydrogen) atoms. The smallest absolute Gasteiger partial charge is 0.120 e. The monoisotopic (exact) mass is 208 g/mol. The first-order chi connectivity index (χ1) is 7.38. The van der Waals surface area contributed by atoms with Gasteiger partial charge >= 0.3 is 0 Å². The molecule has 0 saturated heterocycles. The van der Waals surface area contributed by atoms with Gasteiger partial charge in [-0.15, -0.1) is 0 Å². The molecule has 1 fully saturated rings. The molecule has 0 N–H and O–H groups in total. The summed E-state index contributed by atoms with van der Waals surface area (Å²) in [5.41, 5.74) is 1.65. The van der Waals surface area contributed by atoms with Crippen molar-refractivity contribution >= 4 is 6.29 Å². The fraction of sp³-hybridized carbons (Fsp3) is 0.786. The number of aldehydes is 1. The van der Waals surface area contributed by atoms with Crippen molar-refractivity contribution in [2.24, 2.45) is 5.92 Å². The van der Waals surface area contributed by atoms with Crippen LogP contribution in [0.3, 0.4) is 0 Å². The fourth-order valence-electron chi connectivity index (χ4n) is 2.52. The van der Waals surface area contributed by atoms with Crippen LogP contribution in [0.2, 0.25) is 0 Å². The first-order valence-corrected chi connectivity index (χ1v) is 6.51. The van der Waals surface area contributed by atoms with E-state index in [1.807, 2.05) is 0 Å². The van der Waals surface area contributed by atoms with E-state index in [0.717, 1.165) is 18.6 Å². The third-order valence-corrected chi connectivity index (χ3v) is 3.39. The second kappa shape index (κ2) is 7.67. The molecule has 0 heterocycles. The van der Waals surface area contributed by atoms with Crippen molar-refractivity contribution in [3.8, 4) is 0 Å². The third-order valence-electron chi connectivity index (χ3n) is 3.39. The minimum atomic E-state index is 0.700. The summed E-state index contributed by atoms with van der Waals surface area (Å²) in [6.07, 6.45) is 14.5. The van der Waals surface area contributed by atoms with Crippen molar-refractivity contribution < 1.29 is 4.79 Å². The first-order valence-electron chi connectivity index (χ1n) is 6.51. The minimum Gasteiger partial charge on any atom is -0.303 e. The minimum absolute atomic E-state index is 0.700. The van der Waals surface area contributed by atoms with Gasteiger partial charge in [-0.25, -0.2) is 0 Å². The average Bonchev–Trinajstić information content (AvgIpc) is 2.67. The van der Waals surface area contributed by atoms with Gasteiger partial charge in [-0.05, 0) is 38.0 Å². The maximum Gasteiger partial charge on any atom is 0.120 e. The maximum absolute atomic E-state index is 10.2. The van der Waals surface area contributed by atoms with Crippen LogP contribution in [-0.2, 0) is 4.79 Å². The Morgan fingerprint density at radius 3 is 2.93 bits per heavy atom. The lowest BCUT2D eigenvalue weighted by Gasteiger charge is -2.11. The van der Waals surface area contributed by atoms with Gasteiger partial charge in [0.2, 0.25) is 0 Å². The normalized spacial score (nSPS) is 23.5. The highest BCUT2D eigenvalue weighted by atomic mass is 16.1. The van der Waals surface area contributed by atoms with E-state index in [0.29, 0.717) is 6.42 Å². The number of hydrogen-bond donors (Lipinski definition) is 0. The summed E-state index contributed by atoms with van der Waals surface area (Å²) in [7, 11) is 0. The molecule has 1 heteroatoms. The Morgan fingerprint density at radius 1 is 1.33 bits per heavy atom. The molecule has 0 bridgehead atoms. The van der Waals surface area contributed by atoms with Gasteiger partial charge in [-0.3, -0.25) is 0 Å². The molecule has 1 atom stereocenters. The van der Waals surface area contributed by atoms with E-state index in [9.17, 15) is 4.79 Å². The van der Waals surface area contributed by atoms with Gasteiger partial charge in [-0.1, -0.05) is 37.8 Å². The number of rotatable bonds is 7. The topological polar surface area (TPSA) is 17.1 Å². The summed E-state index contributed by atoms with van der Waals surface area (Å²) in [6.45, 7) is 2.26. The summed E-state index contributed by atoms with van der Waals surface area (Å²) in [5, 5.41) is 0. The van der Waals surface area contributed by atoms with E-state index in [1.165, 1.54) is 44.9 Å². The Morgan fingerprint density at radius 2 is 2.20 bits per heavy atom. The maximum atomic E-state index is 10.2. The van der Waals surface area contributed by atoms with Gasteiger partial charge in [0.15, 0.2) is 0 Å². The molecular weight excluding hydrogens is 184 g/mol. The molecule has 1 aliphatic carbocycles. The predicted octanol–water partition coefficient (Wildman–Crippen LogP) is 4.27. The summed E-state index contributed by atoms with van der Waals surface area (Å²) in [5.74, 6) is 0.850. The van der Waals surface area contributed by atoms with E-state index in [1.54, 1.807) is 5.57 Å². The zero-order chi connectivity index (χ0) is 10.9. The van der Waals surface area contributed by atoms with E-state index in [2.05, 4.69) is 13.0 Å². The van der Waals surface area contributed by atoms with Crippen LogP contribution >= 0.6 is 0 Å². The summed E-state index contributed by atoms with van der Waals surface area (Å²) < 4.78 is 0. The Bertz CT molecular complexity index is 205. The second-order valence-electron chi connectivity index (χ2n) is 4.61. The number of carbonyl (C=O) groups is 1. The molecule has 1 rings (SSSR count). The predicted molar refractivity (Wildman–Crippen MR) is 64.9 cm³/mol. The van der Waals surface area contributed by atoms with E-state index < -0.39 is 0 Å². The molecule has 0 aliphatic heterocycles. The van der Waals surface area contributed by atoms with E-state index in [-0.39, 0.29) is 0 Å². The lowest BCUT2D eigenvalue weighted by atomic mass is 9.95. The van der Waals surface area contributed by atoms with E-state index in [4.69, 9.17) is 0 Å². The summed E-state index contributed by atoms with van der Waals surface area (Å²) >= 11 is 0. The highest BCUT2D eigenvalue weighted by Crippen LogP contribution is 2.35. The fourth-order valence-corrected chi connectivity index (χ4v) is 2.52. The lowest BCUT2D eigenvalue weighted by Crippen LogP contribution is -1.96. The van der Waals surface area contributed by atoms with Crippen molar-refractivity contribution in [2.75, 3.05) is 0 Å². The second-order valence-corrected chi connectivity index (χ2v) is 4.61. The SMILES string of the molecule is CCCCCC1CCC/C1=C/CCC=O. The summed E-state index contributed by atoms with van der Waals surface area (Å²) in [4.78, 5) is 10.2. The first kappa shape index (κ1) is 12.5. The molecule has 0 amide bonds. The zero-order valence-electron chi connectivity index (χ0n) is 10.0. The number of carbonyl (C=O) groups excluding carboxylic acids is 1. The Balaban J connectivity index is 2.28. The van der Waals surface area contributed by atoms with Crippen LogP contribution in [0.4, 0.5) is 0 Å². The third kappa shape index (κ3) is 4.63. The number of hydrogen-bond acceptors (Lipinski definition) is 1. The van der Waals surface area contributed by atoms with Crippen molar-refractivity contribution in [1.82, 2.24) is 0 Å². The largest absolute Gasteiger partial charge is 0.303 e. The van der Waals surface area contributed by atoms with Gasteiger partial charge in [-0.2, -0.15) is 0 Å². The van der Waals surface area contributed by atoms with Gasteiger partial charge in [0, 0.05) is 6.42 Å². The molecule has 1 aliphatic rings. The van der Waals surface area contributed by atoms with Gasteiger partial charge in [0.25, 0.3) is 0 Å². The standard InChI is InChI=1S/C14H24O/c1-2-3-4-8-13-10-7-11-14(13)9-5-6-12-15/h9,12-13H,2-8,10-11H2,1H3/b14-9-. The molecule has 1 nitrogen and oxygen atoms in total. The molecule has 1 unspecified atom stereocenters. The number of unbranched alkanes of at least 4 members (excludes halogenated alkanes) is 3. The summed E-state index contributed by atoms with van der Waals surface area (Å²) in [6, 6.07) is 0. The molecule has 1 saturated carbocycles. The molecule has 0 aromatic heterocycles. The Labute approximate surface area is 93.9 Å². The average molecular weight is 208 g/mol. The molecule has 0 aromatic carbocycles. The van der Waals surface area contributed by atoms with Crippen LogP contribution < -0.4 is 0 Å². The van der Waals surface area contributed by atoms with Gasteiger partial charge in [0.1, 0.15) is 6.29 Å². The molecule has 0 radical (unpaired) electrons. The molecule has 86 valence electrons. The van der Waals surface area contributed by atoms with Crippen LogP contribution in [0.1, 0.15) is 64.7 Å². The van der Waals surface area contributed by atoms with Crippen LogP contribution in [0.15, 0.2) is 11.6 Å². The van der Waals surface area contributed by atoms with Crippen molar-refractivity contribution in [2.45, 2.75) is 64.7 Å². The number of allylic oxidation sites excluding steroid dienone is 2. The van der Waals surface area contributed by atoms with Crippen LogP contribution in [0.25, 0.3) is 0 Å². The van der Waals surface area contributed by atoms with Crippen LogP contribution in [0, 0.1) is 5.92 Å². The quantitative estimate of drug-likeness (QED) is 0.347. The molecular formula is C14H24O. The van der Waals surface area contributed by atoms with E-state index >= 15 is 0 Å². The van der Waals surface area contributed by atoms with Gasteiger partial charge in [0.05, 0.1) is 0 Å². The Kier molecular flexibility index (Phi) is 6.38. The van der Waals surface area contributed by atoms with Gasteiger partial charge < -0.3 is 4.79 Å². The highest BCUT2D eigenvalue weighted by molar-refractivity contribution is 5.49. The highest BCUT2D eigenvalue weighted by Gasteiger charge is 2.19. The molecule has 0 aromatic rings. The zero-order valence-corrected chi connectivity index (χ0v) is 10.0. The van der Waals surface area contributed by atoms with Crippen molar-refractivity contribution in [1.29, 1.82) is 0 Å². The lowest BCUT2D eigenvalue weighted by molar-refractivity contribution is -0.107. The molecule has 0 spiro atoms. The Hall–Kier alpha value is -0.590. The van der Waals surface area contributed by atoms with Crippen molar-refractivity contribution in [3.63, 3.8) is 0 Å². The van der Waals surface area contributed by atoms with Crippen LogP contribution in [-0.4, -0.2) is 6.29 Å². The van der Waals surface area contributed by atoms with Crippen LogP contribution in [0.5, 0.6) is 0 Å².